The number of hydrogen-bond donors (Lipinski definition) is 0. The Morgan fingerprint density at radius 3 is 1.88 bits per heavy atom. The van der Waals surface area contributed by atoms with Crippen LogP contribution in [0.1, 0.15) is 78.2 Å². The molecule has 0 amide bonds. The number of ether oxygens (including phenoxy) is 4. The lowest BCUT2D eigenvalue weighted by Gasteiger charge is -2.26. The van der Waals surface area contributed by atoms with Gasteiger partial charge in [0.05, 0.1) is 7.11 Å². The van der Waals surface area contributed by atoms with E-state index in [0.29, 0.717) is 34.1 Å². The van der Waals surface area contributed by atoms with Crippen molar-refractivity contribution >= 4 is 11.9 Å². The highest BCUT2D eigenvalue weighted by atomic mass is 16.5. The van der Waals surface area contributed by atoms with Crippen LogP contribution >= 0.6 is 0 Å². The Balaban J connectivity index is 2.45. The molecular formula is C28H38O5. The summed E-state index contributed by atoms with van der Waals surface area (Å²) >= 11 is 0. The number of methoxy groups -OCH3 is 1. The molecule has 2 rings (SSSR count). The van der Waals surface area contributed by atoms with Crippen LogP contribution in [0.2, 0.25) is 0 Å². The van der Waals surface area contributed by atoms with Crippen molar-refractivity contribution in [3.63, 3.8) is 0 Å². The van der Waals surface area contributed by atoms with Crippen LogP contribution in [0.5, 0.6) is 23.0 Å². The summed E-state index contributed by atoms with van der Waals surface area (Å²) in [6.45, 7) is 17.7. The van der Waals surface area contributed by atoms with Gasteiger partial charge in [0.15, 0.2) is 17.3 Å². The zero-order valence-corrected chi connectivity index (χ0v) is 21.7. The summed E-state index contributed by atoms with van der Waals surface area (Å²) < 4.78 is 23.7. The van der Waals surface area contributed by atoms with Crippen LogP contribution in [-0.2, 0) is 0 Å². The standard InChI is InChI=1S/C28H38O5/c1-26(2,3)31-21-13-11-12-19(16-21)23(29)15-14-20-17-22(32-27(4,5)6)18-24(30-10)25(20)33-28(7,8)9/h11-18H,1-10H3/b15-14+. The summed E-state index contributed by atoms with van der Waals surface area (Å²) in [4.78, 5) is 13.0. The topological polar surface area (TPSA) is 54.0 Å². The molecule has 0 N–H and O–H groups in total. The SMILES string of the molecule is COc1cc(OC(C)(C)C)cc(/C=C/C(=O)c2cccc(OC(C)(C)C)c2)c1OC(C)(C)C. The third kappa shape index (κ3) is 8.83. The molecule has 0 unspecified atom stereocenters. The van der Waals surface area contributed by atoms with Gasteiger partial charge in [-0.25, -0.2) is 0 Å². The van der Waals surface area contributed by atoms with E-state index in [1.807, 2.05) is 80.5 Å². The highest BCUT2D eigenvalue weighted by molar-refractivity contribution is 6.07. The number of carbonyl (C=O) groups excluding carboxylic acids is 1. The fourth-order valence-corrected chi connectivity index (χ4v) is 3.03. The first-order valence-corrected chi connectivity index (χ1v) is 11.2. The smallest absolute Gasteiger partial charge is 0.185 e. The highest BCUT2D eigenvalue weighted by Crippen LogP contribution is 2.39. The molecule has 0 aliphatic carbocycles. The number of allylic oxidation sites excluding steroid dienone is 1. The summed E-state index contributed by atoms with van der Waals surface area (Å²) in [6.07, 6.45) is 3.26. The average molecular weight is 455 g/mol. The van der Waals surface area contributed by atoms with Gasteiger partial charge in [0.25, 0.3) is 0 Å². The van der Waals surface area contributed by atoms with Crippen molar-refractivity contribution in [2.45, 2.75) is 79.1 Å². The molecule has 0 heterocycles. The number of benzene rings is 2. The van der Waals surface area contributed by atoms with Crippen LogP contribution in [0.3, 0.4) is 0 Å². The van der Waals surface area contributed by atoms with E-state index in [1.54, 1.807) is 31.4 Å². The minimum absolute atomic E-state index is 0.142. The maximum Gasteiger partial charge on any atom is 0.185 e. The van der Waals surface area contributed by atoms with Gasteiger partial charge in [-0.3, -0.25) is 4.79 Å². The molecule has 5 heteroatoms. The van der Waals surface area contributed by atoms with E-state index >= 15 is 0 Å². The molecule has 2 aromatic rings. The van der Waals surface area contributed by atoms with E-state index in [0.717, 1.165) is 0 Å². The lowest BCUT2D eigenvalue weighted by Crippen LogP contribution is -2.25. The van der Waals surface area contributed by atoms with Crippen molar-refractivity contribution in [2.24, 2.45) is 0 Å². The van der Waals surface area contributed by atoms with E-state index in [-0.39, 0.29) is 17.0 Å². The van der Waals surface area contributed by atoms with E-state index in [2.05, 4.69) is 0 Å². The third-order valence-corrected chi connectivity index (χ3v) is 4.07. The average Bonchev–Trinajstić information content (AvgIpc) is 2.64. The molecule has 0 spiro atoms. The molecule has 0 bridgehead atoms. The maximum atomic E-state index is 13.0. The lowest BCUT2D eigenvalue weighted by molar-refractivity contribution is 0.104. The fourth-order valence-electron chi connectivity index (χ4n) is 3.03. The van der Waals surface area contributed by atoms with Crippen LogP contribution in [0, 0.1) is 0 Å². The maximum absolute atomic E-state index is 13.0. The Kier molecular flexibility index (Phi) is 7.89. The molecule has 0 atom stereocenters. The molecule has 0 fully saturated rings. The Hall–Kier alpha value is -2.95. The summed E-state index contributed by atoms with van der Waals surface area (Å²) in [6, 6.07) is 10.9. The first-order chi connectivity index (χ1) is 15.1. The molecule has 33 heavy (non-hydrogen) atoms. The predicted molar refractivity (Wildman–Crippen MR) is 134 cm³/mol. The molecule has 0 saturated heterocycles. The van der Waals surface area contributed by atoms with Gasteiger partial charge in [-0.15, -0.1) is 0 Å². The summed E-state index contributed by atoms with van der Waals surface area (Å²) in [7, 11) is 1.59. The minimum Gasteiger partial charge on any atom is -0.493 e. The number of ketones is 1. The number of rotatable bonds is 7. The number of hydrogen-bond acceptors (Lipinski definition) is 5. The molecule has 0 aromatic heterocycles. The quantitative estimate of drug-likeness (QED) is 0.329. The molecular weight excluding hydrogens is 416 g/mol. The lowest BCUT2D eigenvalue weighted by atomic mass is 10.1. The third-order valence-electron chi connectivity index (χ3n) is 4.07. The van der Waals surface area contributed by atoms with E-state index in [4.69, 9.17) is 18.9 Å². The van der Waals surface area contributed by atoms with Crippen LogP contribution in [0.15, 0.2) is 42.5 Å². The summed E-state index contributed by atoms with van der Waals surface area (Å²) in [5.74, 6) is 2.24. The summed E-state index contributed by atoms with van der Waals surface area (Å²) in [5, 5.41) is 0. The van der Waals surface area contributed by atoms with Crippen LogP contribution in [0.4, 0.5) is 0 Å². The normalized spacial score (nSPS) is 12.5. The van der Waals surface area contributed by atoms with Gasteiger partial charge in [-0.05, 0) is 92.7 Å². The van der Waals surface area contributed by atoms with Gasteiger partial charge in [0, 0.05) is 17.2 Å². The Morgan fingerprint density at radius 2 is 1.33 bits per heavy atom. The Labute approximate surface area is 198 Å². The fraction of sp³-hybridized carbons (Fsp3) is 0.464. The molecule has 0 radical (unpaired) electrons. The Morgan fingerprint density at radius 1 is 0.758 bits per heavy atom. The minimum atomic E-state index is -0.453. The molecule has 2 aromatic carbocycles. The van der Waals surface area contributed by atoms with Gasteiger partial charge in [-0.2, -0.15) is 0 Å². The zero-order chi connectivity index (χ0) is 25.0. The van der Waals surface area contributed by atoms with Crippen LogP contribution in [0.25, 0.3) is 6.08 Å². The van der Waals surface area contributed by atoms with Gasteiger partial charge in [0.1, 0.15) is 28.3 Å². The van der Waals surface area contributed by atoms with Crippen molar-refractivity contribution < 1.29 is 23.7 Å². The molecule has 5 nitrogen and oxygen atoms in total. The second-order valence-corrected chi connectivity index (χ2v) is 10.9. The summed E-state index contributed by atoms with van der Waals surface area (Å²) in [5.41, 5.74) is 0.0484. The molecule has 0 aliphatic heterocycles. The van der Waals surface area contributed by atoms with E-state index < -0.39 is 5.60 Å². The second-order valence-electron chi connectivity index (χ2n) is 10.9. The van der Waals surface area contributed by atoms with Crippen molar-refractivity contribution in [3.8, 4) is 23.0 Å². The highest BCUT2D eigenvalue weighted by Gasteiger charge is 2.21. The van der Waals surface area contributed by atoms with Crippen LogP contribution < -0.4 is 18.9 Å². The van der Waals surface area contributed by atoms with Gasteiger partial charge >= 0.3 is 0 Å². The van der Waals surface area contributed by atoms with Crippen LogP contribution in [-0.4, -0.2) is 29.7 Å². The molecule has 0 aliphatic rings. The monoisotopic (exact) mass is 454 g/mol. The van der Waals surface area contributed by atoms with Gasteiger partial charge in [0.2, 0.25) is 0 Å². The first kappa shape index (κ1) is 26.3. The van der Waals surface area contributed by atoms with Crippen molar-refractivity contribution in [2.75, 3.05) is 7.11 Å². The van der Waals surface area contributed by atoms with E-state index in [1.165, 1.54) is 6.08 Å². The largest absolute Gasteiger partial charge is 0.493 e. The van der Waals surface area contributed by atoms with Gasteiger partial charge < -0.3 is 18.9 Å². The van der Waals surface area contributed by atoms with E-state index in [9.17, 15) is 4.79 Å². The van der Waals surface area contributed by atoms with Gasteiger partial charge in [-0.1, -0.05) is 12.1 Å². The van der Waals surface area contributed by atoms with Crippen molar-refractivity contribution in [3.05, 3.63) is 53.6 Å². The Bertz CT molecular complexity index is 998. The molecule has 0 saturated carbocycles. The van der Waals surface area contributed by atoms with Crippen molar-refractivity contribution in [1.29, 1.82) is 0 Å². The number of carbonyl (C=O) groups is 1. The zero-order valence-electron chi connectivity index (χ0n) is 21.7. The second kappa shape index (κ2) is 9.90. The molecule has 180 valence electrons. The first-order valence-electron chi connectivity index (χ1n) is 11.2. The predicted octanol–water partition coefficient (Wildman–Crippen LogP) is 7.12. The van der Waals surface area contributed by atoms with Crippen molar-refractivity contribution in [1.82, 2.24) is 0 Å².